The van der Waals surface area contributed by atoms with Gasteiger partial charge in [0.15, 0.2) is 0 Å². The molecule has 2 aromatic rings. The van der Waals surface area contributed by atoms with Crippen molar-refractivity contribution in [1.82, 2.24) is 15.3 Å². The SMILES string of the molecule is C[C@H](N)C(=O)NC1(c2ccc(-c3ccc(CO)nc3)cn2)CC1.Cl.Cl. The van der Waals surface area contributed by atoms with Gasteiger partial charge in [-0.05, 0) is 31.9 Å². The maximum Gasteiger partial charge on any atom is 0.237 e. The lowest BCUT2D eigenvalue weighted by atomic mass is 10.1. The maximum atomic E-state index is 11.8. The van der Waals surface area contributed by atoms with E-state index < -0.39 is 6.04 Å². The van der Waals surface area contributed by atoms with Crippen molar-refractivity contribution >= 4 is 30.7 Å². The van der Waals surface area contributed by atoms with Crippen LogP contribution in [0, 0.1) is 0 Å². The third-order valence-electron chi connectivity index (χ3n) is 4.10. The standard InChI is InChI=1S/C17H20N4O2.2ClH/c1-11(18)16(23)21-17(6-7-17)15-5-3-13(9-20-15)12-2-4-14(10-22)19-8-12;;/h2-5,8-9,11,22H,6-7,10,18H2,1H3,(H,21,23);2*1H/t11-;;/m0../s1. The van der Waals surface area contributed by atoms with Crippen LogP contribution in [0.15, 0.2) is 36.7 Å². The quantitative estimate of drug-likeness (QED) is 0.730. The Morgan fingerprint density at radius 1 is 1.20 bits per heavy atom. The molecule has 0 unspecified atom stereocenters. The van der Waals surface area contributed by atoms with Gasteiger partial charge in [-0.1, -0.05) is 12.1 Å². The molecule has 4 N–H and O–H groups in total. The average molecular weight is 385 g/mol. The number of carbonyl (C=O) groups is 1. The largest absolute Gasteiger partial charge is 0.390 e. The number of carbonyl (C=O) groups excluding carboxylic acids is 1. The molecule has 6 nitrogen and oxygen atoms in total. The molecule has 0 saturated heterocycles. The van der Waals surface area contributed by atoms with Crippen molar-refractivity contribution in [3.05, 3.63) is 48.0 Å². The highest BCUT2D eigenvalue weighted by atomic mass is 35.5. The second-order valence-corrected chi connectivity index (χ2v) is 5.99. The lowest BCUT2D eigenvalue weighted by Crippen LogP contribution is -2.44. The van der Waals surface area contributed by atoms with Crippen LogP contribution in [0.2, 0.25) is 0 Å². The zero-order valence-corrected chi connectivity index (χ0v) is 15.4. The number of hydrogen-bond acceptors (Lipinski definition) is 5. The van der Waals surface area contributed by atoms with Crippen LogP contribution in [-0.2, 0) is 16.9 Å². The Kier molecular flexibility index (Phi) is 7.31. The van der Waals surface area contributed by atoms with Crippen molar-refractivity contribution < 1.29 is 9.90 Å². The van der Waals surface area contributed by atoms with Gasteiger partial charge in [0, 0.05) is 23.5 Å². The molecule has 136 valence electrons. The summed E-state index contributed by atoms with van der Waals surface area (Å²) in [6.45, 7) is 1.60. The van der Waals surface area contributed by atoms with E-state index in [0.29, 0.717) is 5.69 Å². The van der Waals surface area contributed by atoms with E-state index >= 15 is 0 Å². The number of halogens is 2. The van der Waals surface area contributed by atoms with E-state index in [1.54, 1.807) is 25.4 Å². The second kappa shape index (κ2) is 8.58. The number of pyridine rings is 2. The molecular formula is C17H22Cl2N4O2. The minimum atomic E-state index is -0.525. The number of aliphatic hydroxyl groups is 1. The number of nitrogens with two attached hydrogens (primary N) is 1. The first-order valence-corrected chi connectivity index (χ1v) is 7.64. The van der Waals surface area contributed by atoms with Gasteiger partial charge in [-0.3, -0.25) is 14.8 Å². The first-order valence-electron chi connectivity index (χ1n) is 7.64. The summed E-state index contributed by atoms with van der Waals surface area (Å²) in [6, 6.07) is 7.07. The molecular weight excluding hydrogens is 363 g/mol. The first-order chi connectivity index (χ1) is 11.0. The van der Waals surface area contributed by atoms with E-state index in [4.69, 9.17) is 10.8 Å². The summed E-state index contributed by atoms with van der Waals surface area (Å²) in [7, 11) is 0. The molecule has 0 bridgehead atoms. The summed E-state index contributed by atoms with van der Waals surface area (Å²) in [4.78, 5) is 20.5. The molecule has 1 aliphatic rings. The number of hydrogen-bond donors (Lipinski definition) is 3. The van der Waals surface area contributed by atoms with E-state index in [0.717, 1.165) is 29.7 Å². The Morgan fingerprint density at radius 2 is 1.80 bits per heavy atom. The lowest BCUT2D eigenvalue weighted by molar-refractivity contribution is -0.123. The molecule has 1 fully saturated rings. The van der Waals surface area contributed by atoms with Crippen LogP contribution in [0.1, 0.15) is 31.2 Å². The van der Waals surface area contributed by atoms with Gasteiger partial charge < -0.3 is 16.2 Å². The van der Waals surface area contributed by atoms with Gasteiger partial charge in [-0.15, -0.1) is 24.8 Å². The van der Waals surface area contributed by atoms with Gasteiger partial charge in [-0.2, -0.15) is 0 Å². The normalized spacial score (nSPS) is 15.3. The number of rotatable bonds is 5. The Morgan fingerprint density at radius 3 is 2.20 bits per heavy atom. The fourth-order valence-electron chi connectivity index (χ4n) is 2.46. The van der Waals surface area contributed by atoms with Crippen LogP contribution in [0.3, 0.4) is 0 Å². The second-order valence-electron chi connectivity index (χ2n) is 5.99. The first kappa shape index (κ1) is 21.3. The van der Waals surface area contributed by atoms with E-state index in [1.807, 2.05) is 18.2 Å². The number of aromatic nitrogens is 2. The van der Waals surface area contributed by atoms with Gasteiger partial charge in [-0.25, -0.2) is 0 Å². The third kappa shape index (κ3) is 4.67. The molecule has 8 heteroatoms. The predicted octanol–water partition coefficient (Wildman–Crippen LogP) is 1.93. The maximum absolute atomic E-state index is 11.8. The summed E-state index contributed by atoms with van der Waals surface area (Å²) in [5.74, 6) is -0.155. The van der Waals surface area contributed by atoms with Gasteiger partial charge in [0.05, 0.1) is 29.6 Å². The average Bonchev–Trinajstić information content (AvgIpc) is 3.36. The van der Waals surface area contributed by atoms with Crippen molar-refractivity contribution in [3.63, 3.8) is 0 Å². The summed E-state index contributed by atoms with van der Waals surface area (Å²) >= 11 is 0. The molecule has 1 saturated carbocycles. The smallest absolute Gasteiger partial charge is 0.237 e. The van der Waals surface area contributed by atoms with E-state index in [-0.39, 0.29) is 42.9 Å². The van der Waals surface area contributed by atoms with Crippen LogP contribution in [0.25, 0.3) is 11.1 Å². The Bertz CT molecular complexity index is 702. The lowest BCUT2D eigenvalue weighted by Gasteiger charge is -2.18. The number of aliphatic hydroxyl groups excluding tert-OH is 1. The molecule has 1 amide bonds. The Balaban J connectivity index is 0.00000156. The van der Waals surface area contributed by atoms with Crippen LogP contribution in [-0.4, -0.2) is 27.0 Å². The molecule has 0 radical (unpaired) electrons. The van der Waals surface area contributed by atoms with Crippen molar-refractivity contribution in [3.8, 4) is 11.1 Å². The molecule has 0 spiro atoms. The predicted molar refractivity (Wildman–Crippen MR) is 101 cm³/mol. The summed E-state index contributed by atoms with van der Waals surface area (Å²) in [5, 5.41) is 12.0. The highest BCUT2D eigenvalue weighted by Gasteiger charge is 2.47. The number of nitrogens with one attached hydrogen (secondary N) is 1. The van der Waals surface area contributed by atoms with Crippen LogP contribution >= 0.6 is 24.8 Å². The van der Waals surface area contributed by atoms with Crippen molar-refractivity contribution in [2.45, 2.75) is 38.0 Å². The van der Waals surface area contributed by atoms with Gasteiger partial charge >= 0.3 is 0 Å². The minimum absolute atomic E-state index is 0. The fraction of sp³-hybridized carbons (Fsp3) is 0.353. The molecule has 2 aromatic heterocycles. The van der Waals surface area contributed by atoms with Crippen LogP contribution in [0.4, 0.5) is 0 Å². The minimum Gasteiger partial charge on any atom is -0.390 e. The zero-order chi connectivity index (χ0) is 16.4. The monoisotopic (exact) mass is 384 g/mol. The number of nitrogens with zero attached hydrogens (tertiary/aromatic N) is 2. The molecule has 1 aliphatic carbocycles. The molecule has 25 heavy (non-hydrogen) atoms. The zero-order valence-electron chi connectivity index (χ0n) is 13.8. The van der Waals surface area contributed by atoms with E-state index in [1.165, 1.54) is 0 Å². The van der Waals surface area contributed by atoms with E-state index in [2.05, 4.69) is 15.3 Å². The van der Waals surface area contributed by atoms with Crippen LogP contribution < -0.4 is 11.1 Å². The molecule has 0 aliphatic heterocycles. The Hall–Kier alpha value is -1.73. The summed E-state index contributed by atoms with van der Waals surface area (Å²) in [6.07, 6.45) is 5.26. The van der Waals surface area contributed by atoms with Gasteiger partial charge in [0.1, 0.15) is 0 Å². The summed E-state index contributed by atoms with van der Waals surface area (Å²) in [5.41, 5.74) is 8.63. The fourth-order valence-corrected chi connectivity index (χ4v) is 2.46. The Labute approximate surface area is 159 Å². The molecule has 3 rings (SSSR count). The molecule has 0 aromatic carbocycles. The van der Waals surface area contributed by atoms with Crippen molar-refractivity contribution in [2.24, 2.45) is 5.73 Å². The summed E-state index contributed by atoms with van der Waals surface area (Å²) < 4.78 is 0. The van der Waals surface area contributed by atoms with Crippen LogP contribution in [0.5, 0.6) is 0 Å². The molecule has 2 heterocycles. The van der Waals surface area contributed by atoms with Gasteiger partial charge in [0.25, 0.3) is 0 Å². The van der Waals surface area contributed by atoms with E-state index in [9.17, 15) is 4.79 Å². The van der Waals surface area contributed by atoms with Crippen molar-refractivity contribution in [2.75, 3.05) is 0 Å². The number of amides is 1. The third-order valence-corrected chi connectivity index (χ3v) is 4.10. The van der Waals surface area contributed by atoms with Gasteiger partial charge in [0.2, 0.25) is 5.91 Å². The topological polar surface area (TPSA) is 101 Å². The highest BCUT2D eigenvalue weighted by molar-refractivity contribution is 5.85. The highest BCUT2D eigenvalue weighted by Crippen LogP contribution is 2.44. The van der Waals surface area contributed by atoms with Crippen molar-refractivity contribution in [1.29, 1.82) is 0 Å². The molecule has 1 atom stereocenters.